The Morgan fingerprint density at radius 1 is 1.04 bits per heavy atom. The molecule has 0 unspecified atom stereocenters. The van der Waals surface area contributed by atoms with Crippen LogP contribution in [0.3, 0.4) is 0 Å². The van der Waals surface area contributed by atoms with Crippen molar-refractivity contribution in [3.8, 4) is 0 Å². The Balaban J connectivity index is 1.57. The van der Waals surface area contributed by atoms with Gasteiger partial charge in [-0.2, -0.15) is 0 Å². The lowest BCUT2D eigenvalue weighted by Crippen LogP contribution is -2.04. The standard InChI is InChI=1S/C20H21FNO/c21-20-11-5-7-17(13-20)15-23-22-14-16-6-4-10-19(12-16)18-8-2-1-3-9-18/h4-7,10-13,18H,1-3,8-9,15H2. The van der Waals surface area contributed by atoms with Gasteiger partial charge in [-0.3, -0.25) is 0 Å². The summed E-state index contributed by atoms with van der Waals surface area (Å²) in [5, 5.41) is 3.88. The summed E-state index contributed by atoms with van der Waals surface area (Å²) in [4.78, 5) is 5.21. The Kier molecular flexibility index (Phi) is 5.41. The highest BCUT2D eigenvalue weighted by atomic mass is 19.1. The van der Waals surface area contributed by atoms with Crippen molar-refractivity contribution in [2.75, 3.05) is 0 Å². The van der Waals surface area contributed by atoms with Crippen LogP contribution in [-0.4, -0.2) is 6.21 Å². The molecule has 2 nitrogen and oxygen atoms in total. The molecule has 1 aliphatic rings. The topological polar surface area (TPSA) is 21.6 Å². The third kappa shape index (κ3) is 4.65. The number of benzene rings is 2. The van der Waals surface area contributed by atoms with E-state index >= 15 is 0 Å². The van der Waals surface area contributed by atoms with Crippen LogP contribution in [0.15, 0.2) is 53.7 Å². The first-order chi connectivity index (χ1) is 11.3. The zero-order valence-electron chi connectivity index (χ0n) is 13.2. The number of hydrogen-bond acceptors (Lipinski definition) is 2. The molecule has 1 radical (unpaired) electrons. The molecule has 0 amide bonds. The molecule has 0 spiro atoms. The summed E-state index contributed by atoms with van der Waals surface area (Å²) in [6.45, 7) is 0.243. The van der Waals surface area contributed by atoms with E-state index in [9.17, 15) is 4.39 Å². The van der Waals surface area contributed by atoms with Gasteiger partial charge in [0, 0.05) is 5.56 Å². The number of halogens is 1. The van der Waals surface area contributed by atoms with Gasteiger partial charge in [0.2, 0.25) is 0 Å². The summed E-state index contributed by atoms with van der Waals surface area (Å²) in [6.07, 6.45) is 9.47. The monoisotopic (exact) mass is 310 g/mol. The largest absolute Gasteiger partial charge is 0.390 e. The SMILES string of the molecule is Fc1cccc(CO/N=[C]\c2cccc(C3CCCCC3)c2)c1. The molecule has 1 fully saturated rings. The summed E-state index contributed by atoms with van der Waals surface area (Å²) in [5.41, 5.74) is 3.05. The molecule has 0 aromatic heterocycles. The van der Waals surface area contributed by atoms with E-state index in [2.05, 4.69) is 23.5 Å². The lowest BCUT2D eigenvalue weighted by atomic mass is 9.84. The molecule has 0 saturated heterocycles. The minimum absolute atomic E-state index is 0.243. The molecule has 2 aromatic carbocycles. The van der Waals surface area contributed by atoms with Crippen LogP contribution in [-0.2, 0) is 11.4 Å². The average Bonchev–Trinajstić information content (AvgIpc) is 2.60. The molecular weight excluding hydrogens is 289 g/mol. The molecule has 2 aromatic rings. The van der Waals surface area contributed by atoms with E-state index < -0.39 is 0 Å². The van der Waals surface area contributed by atoms with Gasteiger partial charge in [-0.1, -0.05) is 54.8 Å². The molecular formula is C20H21FNO. The first-order valence-electron chi connectivity index (χ1n) is 8.24. The van der Waals surface area contributed by atoms with Crippen molar-refractivity contribution in [2.24, 2.45) is 5.16 Å². The third-order valence-corrected chi connectivity index (χ3v) is 4.32. The van der Waals surface area contributed by atoms with Crippen molar-refractivity contribution >= 4 is 6.21 Å². The summed E-state index contributed by atoms with van der Waals surface area (Å²) in [5.74, 6) is 0.401. The Bertz CT molecular complexity index is 662. The minimum Gasteiger partial charge on any atom is -0.390 e. The molecule has 3 heteroatoms. The lowest BCUT2D eigenvalue weighted by molar-refractivity contribution is 0.132. The van der Waals surface area contributed by atoms with Crippen molar-refractivity contribution in [3.63, 3.8) is 0 Å². The van der Waals surface area contributed by atoms with Crippen molar-refractivity contribution < 1.29 is 9.23 Å². The van der Waals surface area contributed by atoms with Crippen LogP contribution in [0.5, 0.6) is 0 Å². The number of rotatable bonds is 5. The highest BCUT2D eigenvalue weighted by Gasteiger charge is 2.15. The van der Waals surface area contributed by atoms with E-state index in [1.807, 2.05) is 18.2 Å². The Morgan fingerprint density at radius 3 is 2.70 bits per heavy atom. The summed E-state index contributed by atoms with van der Waals surface area (Å²) in [7, 11) is 0. The second-order valence-corrected chi connectivity index (χ2v) is 6.07. The fourth-order valence-corrected chi connectivity index (χ4v) is 3.12. The summed E-state index contributed by atoms with van der Waals surface area (Å²) >= 11 is 0. The van der Waals surface area contributed by atoms with Crippen LogP contribution in [0.1, 0.15) is 54.7 Å². The van der Waals surface area contributed by atoms with E-state index in [0.717, 1.165) is 11.1 Å². The Morgan fingerprint density at radius 2 is 1.87 bits per heavy atom. The first-order valence-corrected chi connectivity index (χ1v) is 8.24. The molecule has 0 N–H and O–H groups in total. The van der Waals surface area contributed by atoms with Crippen LogP contribution >= 0.6 is 0 Å². The van der Waals surface area contributed by atoms with Gasteiger partial charge in [0.05, 0.1) is 0 Å². The molecule has 1 aliphatic carbocycles. The van der Waals surface area contributed by atoms with Crippen molar-refractivity contribution in [2.45, 2.75) is 44.6 Å². The van der Waals surface area contributed by atoms with E-state index in [0.29, 0.717) is 5.92 Å². The summed E-state index contributed by atoms with van der Waals surface area (Å²) in [6, 6.07) is 14.7. The van der Waals surface area contributed by atoms with Gasteiger partial charge in [0.25, 0.3) is 0 Å². The highest BCUT2D eigenvalue weighted by molar-refractivity contribution is 5.79. The van der Waals surface area contributed by atoms with E-state index in [1.165, 1.54) is 49.8 Å². The molecule has 0 heterocycles. The van der Waals surface area contributed by atoms with Gasteiger partial charge in [-0.05, 0) is 48.1 Å². The quantitative estimate of drug-likeness (QED) is 0.542. The number of hydrogen-bond donors (Lipinski definition) is 0. The van der Waals surface area contributed by atoms with Gasteiger partial charge in [-0.25, -0.2) is 4.39 Å². The molecule has 23 heavy (non-hydrogen) atoms. The van der Waals surface area contributed by atoms with Crippen molar-refractivity contribution in [3.05, 3.63) is 71.0 Å². The normalized spacial score (nSPS) is 15.9. The smallest absolute Gasteiger partial charge is 0.142 e. The van der Waals surface area contributed by atoms with E-state index in [1.54, 1.807) is 6.07 Å². The van der Waals surface area contributed by atoms with Crippen molar-refractivity contribution in [1.29, 1.82) is 0 Å². The van der Waals surface area contributed by atoms with E-state index in [4.69, 9.17) is 4.84 Å². The van der Waals surface area contributed by atoms with Crippen LogP contribution in [0.25, 0.3) is 0 Å². The van der Waals surface area contributed by atoms with Crippen LogP contribution in [0.2, 0.25) is 0 Å². The molecule has 0 atom stereocenters. The van der Waals surface area contributed by atoms with Crippen molar-refractivity contribution in [1.82, 2.24) is 0 Å². The molecule has 1 saturated carbocycles. The van der Waals surface area contributed by atoms with Gasteiger partial charge in [0.1, 0.15) is 18.6 Å². The fraction of sp³-hybridized carbons (Fsp3) is 0.350. The van der Waals surface area contributed by atoms with Gasteiger partial charge < -0.3 is 4.84 Å². The van der Waals surface area contributed by atoms with Crippen LogP contribution in [0, 0.1) is 5.82 Å². The predicted octanol–water partition coefficient (Wildman–Crippen LogP) is 5.30. The maximum atomic E-state index is 13.1. The summed E-state index contributed by atoms with van der Waals surface area (Å²) < 4.78 is 13.1. The minimum atomic E-state index is -0.265. The predicted molar refractivity (Wildman–Crippen MR) is 90.0 cm³/mol. The lowest BCUT2D eigenvalue weighted by Gasteiger charge is -2.22. The average molecular weight is 310 g/mol. The molecule has 0 bridgehead atoms. The zero-order chi connectivity index (χ0) is 15.9. The van der Waals surface area contributed by atoms with Gasteiger partial charge in [-0.15, -0.1) is 0 Å². The highest BCUT2D eigenvalue weighted by Crippen LogP contribution is 2.32. The molecule has 119 valence electrons. The van der Waals surface area contributed by atoms with Gasteiger partial charge in [0.15, 0.2) is 0 Å². The van der Waals surface area contributed by atoms with Crippen LogP contribution < -0.4 is 0 Å². The van der Waals surface area contributed by atoms with E-state index in [-0.39, 0.29) is 12.4 Å². The second-order valence-electron chi connectivity index (χ2n) is 6.07. The second kappa shape index (κ2) is 7.91. The zero-order valence-corrected chi connectivity index (χ0v) is 13.2. The maximum Gasteiger partial charge on any atom is 0.142 e. The maximum absolute atomic E-state index is 13.1. The molecule has 0 aliphatic heterocycles. The third-order valence-electron chi connectivity index (χ3n) is 4.32. The van der Waals surface area contributed by atoms with Crippen LogP contribution in [0.4, 0.5) is 4.39 Å². The Hall–Kier alpha value is -2.16. The number of nitrogens with zero attached hydrogens (tertiary/aromatic N) is 1. The fourth-order valence-electron chi connectivity index (χ4n) is 3.12. The molecule has 3 rings (SSSR count). The Labute approximate surface area is 137 Å². The van der Waals surface area contributed by atoms with Gasteiger partial charge >= 0.3 is 0 Å². The first kappa shape index (κ1) is 15.7.